The molecule has 26 heavy (non-hydrogen) atoms. The molecule has 0 amide bonds. The van der Waals surface area contributed by atoms with Gasteiger partial charge in [-0.3, -0.25) is 4.90 Å². The number of nitrogens with zero attached hydrogens (tertiary/aromatic N) is 6. The summed E-state index contributed by atoms with van der Waals surface area (Å²) in [4.78, 5) is 13.9. The predicted molar refractivity (Wildman–Crippen MR) is 95.9 cm³/mol. The lowest BCUT2D eigenvalue weighted by molar-refractivity contribution is 0.108. The van der Waals surface area contributed by atoms with Gasteiger partial charge in [-0.1, -0.05) is 0 Å². The Hall–Kier alpha value is -2.65. The number of hydrogen-bond acceptors (Lipinski definition) is 8. The van der Waals surface area contributed by atoms with Crippen LogP contribution in [0.25, 0.3) is 17.2 Å². The van der Waals surface area contributed by atoms with Gasteiger partial charge in [0, 0.05) is 45.4 Å². The number of nitrogen functional groups attached to an aromatic ring is 1. The second-order valence-electron chi connectivity index (χ2n) is 6.84. The van der Waals surface area contributed by atoms with E-state index in [9.17, 15) is 0 Å². The van der Waals surface area contributed by atoms with Gasteiger partial charge < -0.3 is 19.8 Å². The van der Waals surface area contributed by atoms with Crippen LogP contribution in [0, 0.1) is 0 Å². The molecule has 5 rings (SSSR count). The molecular weight excluding hydrogens is 334 g/mol. The zero-order valence-corrected chi connectivity index (χ0v) is 14.6. The summed E-state index contributed by atoms with van der Waals surface area (Å²) in [6.45, 7) is 3.85. The quantitative estimate of drug-likeness (QED) is 0.739. The van der Waals surface area contributed by atoms with E-state index in [-0.39, 0.29) is 0 Å². The highest BCUT2D eigenvalue weighted by molar-refractivity contribution is 5.59. The Morgan fingerprint density at radius 3 is 3.00 bits per heavy atom. The number of furan rings is 1. The topological polar surface area (TPSA) is 97.9 Å². The van der Waals surface area contributed by atoms with Crippen molar-refractivity contribution >= 4 is 17.4 Å². The SMILES string of the molecule is COC1CC2CN(c3cc4nc(-c5ccco5)nn4c(N)n3)CCN2C1. The normalized spacial score (nSPS) is 23.7. The predicted octanol–water partition coefficient (Wildman–Crippen LogP) is 0.876. The molecule has 0 saturated carbocycles. The van der Waals surface area contributed by atoms with Crippen molar-refractivity contribution in [2.24, 2.45) is 0 Å². The first-order valence-corrected chi connectivity index (χ1v) is 8.80. The third-order valence-electron chi connectivity index (χ3n) is 5.31. The summed E-state index contributed by atoms with van der Waals surface area (Å²) < 4.78 is 12.5. The van der Waals surface area contributed by atoms with Crippen LogP contribution in [-0.2, 0) is 4.74 Å². The first-order chi connectivity index (χ1) is 12.7. The fraction of sp³-hybridized carbons (Fsp3) is 0.471. The van der Waals surface area contributed by atoms with Crippen molar-refractivity contribution in [3.8, 4) is 11.6 Å². The summed E-state index contributed by atoms with van der Waals surface area (Å²) in [6.07, 6.45) is 2.98. The molecule has 9 nitrogen and oxygen atoms in total. The molecule has 136 valence electrons. The van der Waals surface area contributed by atoms with Crippen molar-refractivity contribution in [2.75, 3.05) is 43.9 Å². The van der Waals surface area contributed by atoms with Gasteiger partial charge in [-0.2, -0.15) is 9.50 Å². The number of methoxy groups -OCH3 is 1. The van der Waals surface area contributed by atoms with Crippen molar-refractivity contribution in [1.82, 2.24) is 24.5 Å². The Bertz CT molecular complexity index is 923. The number of hydrogen-bond donors (Lipinski definition) is 1. The van der Waals surface area contributed by atoms with E-state index in [1.165, 1.54) is 0 Å². The zero-order valence-electron chi connectivity index (χ0n) is 14.6. The molecule has 9 heteroatoms. The number of anilines is 2. The van der Waals surface area contributed by atoms with E-state index < -0.39 is 0 Å². The molecule has 0 radical (unpaired) electrons. The highest BCUT2D eigenvalue weighted by Crippen LogP contribution is 2.27. The molecule has 0 aliphatic carbocycles. The maximum Gasteiger partial charge on any atom is 0.225 e. The van der Waals surface area contributed by atoms with Gasteiger partial charge in [-0.25, -0.2) is 4.98 Å². The second-order valence-corrected chi connectivity index (χ2v) is 6.84. The van der Waals surface area contributed by atoms with Crippen LogP contribution in [0.2, 0.25) is 0 Å². The molecule has 0 bridgehead atoms. The van der Waals surface area contributed by atoms with Gasteiger partial charge in [-0.05, 0) is 18.6 Å². The summed E-state index contributed by atoms with van der Waals surface area (Å²) in [5, 5.41) is 4.40. The lowest BCUT2D eigenvalue weighted by atomic mass is 10.1. The molecule has 0 spiro atoms. The van der Waals surface area contributed by atoms with Crippen molar-refractivity contribution < 1.29 is 9.15 Å². The molecule has 2 saturated heterocycles. The smallest absolute Gasteiger partial charge is 0.225 e. The minimum Gasteiger partial charge on any atom is -0.461 e. The Balaban J connectivity index is 1.44. The minimum atomic E-state index is 0.325. The molecule has 5 heterocycles. The van der Waals surface area contributed by atoms with E-state index in [4.69, 9.17) is 14.9 Å². The molecular formula is C17H21N7O2. The monoisotopic (exact) mass is 355 g/mol. The number of ether oxygens (including phenoxy) is 1. The van der Waals surface area contributed by atoms with E-state index in [1.54, 1.807) is 17.9 Å². The van der Waals surface area contributed by atoms with Crippen molar-refractivity contribution in [3.63, 3.8) is 0 Å². The van der Waals surface area contributed by atoms with Gasteiger partial charge >= 0.3 is 0 Å². The summed E-state index contributed by atoms with van der Waals surface area (Å²) in [7, 11) is 1.79. The zero-order chi connectivity index (χ0) is 17.7. The minimum absolute atomic E-state index is 0.325. The first kappa shape index (κ1) is 15.6. The largest absolute Gasteiger partial charge is 0.461 e. The Morgan fingerprint density at radius 2 is 2.19 bits per heavy atom. The van der Waals surface area contributed by atoms with E-state index in [2.05, 4.69) is 24.9 Å². The van der Waals surface area contributed by atoms with Crippen LogP contribution in [0.15, 0.2) is 28.9 Å². The maximum absolute atomic E-state index is 6.14. The molecule has 2 aliphatic heterocycles. The molecule has 0 aromatic carbocycles. The van der Waals surface area contributed by atoms with Crippen LogP contribution in [0.4, 0.5) is 11.8 Å². The Kier molecular flexibility index (Phi) is 3.57. The average Bonchev–Trinajstić information content (AvgIpc) is 3.38. The lowest BCUT2D eigenvalue weighted by Gasteiger charge is -2.37. The first-order valence-electron chi connectivity index (χ1n) is 8.80. The molecule has 2 fully saturated rings. The molecule has 2 unspecified atom stereocenters. The van der Waals surface area contributed by atoms with E-state index in [0.29, 0.717) is 35.3 Å². The van der Waals surface area contributed by atoms with Gasteiger partial charge in [0.2, 0.25) is 11.8 Å². The molecule has 2 aliphatic rings. The maximum atomic E-state index is 6.14. The highest BCUT2D eigenvalue weighted by atomic mass is 16.5. The van der Waals surface area contributed by atoms with Crippen molar-refractivity contribution in [3.05, 3.63) is 24.5 Å². The number of nitrogens with two attached hydrogens (primary N) is 1. The summed E-state index contributed by atoms with van der Waals surface area (Å²) in [5.74, 6) is 2.28. The van der Waals surface area contributed by atoms with Crippen LogP contribution in [0.3, 0.4) is 0 Å². The molecule has 3 aromatic heterocycles. The van der Waals surface area contributed by atoms with Gasteiger partial charge in [0.1, 0.15) is 5.82 Å². The highest BCUT2D eigenvalue weighted by Gasteiger charge is 2.36. The van der Waals surface area contributed by atoms with Crippen LogP contribution in [0.5, 0.6) is 0 Å². The van der Waals surface area contributed by atoms with Gasteiger partial charge in [-0.15, -0.1) is 5.10 Å². The van der Waals surface area contributed by atoms with E-state index in [1.807, 2.05) is 18.2 Å². The van der Waals surface area contributed by atoms with Crippen LogP contribution in [0.1, 0.15) is 6.42 Å². The van der Waals surface area contributed by atoms with Gasteiger partial charge in [0.05, 0.1) is 12.4 Å². The average molecular weight is 355 g/mol. The van der Waals surface area contributed by atoms with Crippen LogP contribution >= 0.6 is 0 Å². The Labute approximate surface area is 150 Å². The van der Waals surface area contributed by atoms with Crippen LogP contribution in [-0.4, -0.2) is 69.9 Å². The molecule has 2 atom stereocenters. The van der Waals surface area contributed by atoms with Crippen molar-refractivity contribution in [1.29, 1.82) is 0 Å². The van der Waals surface area contributed by atoms with Gasteiger partial charge in [0.15, 0.2) is 11.4 Å². The number of fused-ring (bicyclic) bond motifs is 2. The second kappa shape index (κ2) is 5.96. The lowest BCUT2D eigenvalue weighted by Crippen LogP contribution is -2.50. The number of rotatable bonds is 3. The fourth-order valence-corrected chi connectivity index (χ4v) is 3.95. The van der Waals surface area contributed by atoms with E-state index >= 15 is 0 Å². The molecule has 3 aromatic rings. The summed E-state index contributed by atoms with van der Waals surface area (Å²) >= 11 is 0. The third kappa shape index (κ3) is 2.51. The molecule has 2 N–H and O–H groups in total. The standard InChI is InChI=1S/C17H21N7O2/c1-25-12-7-11-9-23(5-4-22(11)10-12)14-8-15-19-16(13-3-2-6-26-13)21-24(15)17(18)20-14/h2-3,6,8,11-12H,4-5,7,9-10H2,1H3,(H2,18,20). The number of piperazine rings is 1. The Morgan fingerprint density at radius 1 is 1.27 bits per heavy atom. The third-order valence-corrected chi connectivity index (χ3v) is 5.31. The van der Waals surface area contributed by atoms with Crippen LogP contribution < -0.4 is 10.6 Å². The summed E-state index contributed by atoms with van der Waals surface area (Å²) in [6, 6.07) is 6.06. The van der Waals surface area contributed by atoms with Crippen molar-refractivity contribution in [2.45, 2.75) is 18.6 Å². The summed E-state index contributed by atoms with van der Waals surface area (Å²) in [5.41, 5.74) is 6.81. The van der Waals surface area contributed by atoms with Gasteiger partial charge in [0.25, 0.3) is 0 Å². The van der Waals surface area contributed by atoms with E-state index in [0.717, 1.165) is 38.4 Å². The fourth-order valence-electron chi connectivity index (χ4n) is 3.95. The number of aromatic nitrogens is 4.